The molecule has 0 radical (unpaired) electrons. The SMILES string of the molecule is CC1(C)c2ccccc2C2(c3ccccc3-c3ccccc32)c2ccc(N(c3cccc(-c4ccccc4)c3)c3ccc4c(c3)C3(c5ccccc5-c5ccccc53)c3ccccc3-4)cc21. The molecule has 2 spiro atoms. The van der Waals surface area contributed by atoms with Crippen molar-refractivity contribution in [3.63, 3.8) is 0 Å². The molecule has 0 unspecified atom stereocenters. The van der Waals surface area contributed by atoms with E-state index in [1.807, 2.05) is 0 Å². The summed E-state index contributed by atoms with van der Waals surface area (Å²) >= 11 is 0. The third-order valence-corrected chi connectivity index (χ3v) is 15.7. The van der Waals surface area contributed by atoms with Crippen molar-refractivity contribution in [3.8, 4) is 44.5 Å². The number of rotatable bonds is 4. The summed E-state index contributed by atoms with van der Waals surface area (Å²) in [6, 6.07) is 89.4. The molecule has 0 heterocycles. The summed E-state index contributed by atoms with van der Waals surface area (Å²) in [6.07, 6.45) is 0. The van der Waals surface area contributed by atoms with Crippen LogP contribution < -0.4 is 4.90 Å². The molecule has 0 amide bonds. The second kappa shape index (κ2) is 13.5. The van der Waals surface area contributed by atoms with Crippen LogP contribution in [0.3, 0.4) is 0 Å². The quantitative estimate of drug-likeness (QED) is 0.171. The van der Waals surface area contributed by atoms with E-state index in [9.17, 15) is 0 Å². The molecule has 14 rings (SSSR count). The van der Waals surface area contributed by atoms with Crippen LogP contribution >= 0.6 is 0 Å². The molecule has 0 fully saturated rings. The van der Waals surface area contributed by atoms with Crippen molar-refractivity contribution in [2.75, 3.05) is 4.90 Å². The standard InChI is InChI=1S/C65H45N/c1-63(2)58-33-16-17-34-59(58)65(56-31-14-8-25-49(56)50-26-9-15-32-57(50)65)60-38-36-46(41-62(60)63)66(44-22-18-21-43(39-44)42-19-4-3-5-20-42)45-35-37-52-51-27-10-13-30-55(51)64(61(52)40-45)53-28-11-6-23-47(53)48-24-7-12-29-54(48)64/h3-41H,1-2H3. The molecule has 4 aliphatic rings. The fraction of sp³-hybridized carbons (Fsp3) is 0.0769. The van der Waals surface area contributed by atoms with Gasteiger partial charge in [0, 0.05) is 22.5 Å². The lowest BCUT2D eigenvalue weighted by Crippen LogP contribution is -2.40. The van der Waals surface area contributed by atoms with Gasteiger partial charge in [0.15, 0.2) is 0 Å². The third kappa shape index (κ3) is 4.69. The van der Waals surface area contributed by atoms with Crippen LogP contribution in [0.5, 0.6) is 0 Å². The topological polar surface area (TPSA) is 3.24 Å². The normalized spacial score (nSPS) is 15.2. The molecular formula is C65H45N. The predicted octanol–water partition coefficient (Wildman–Crippen LogP) is 16.2. The van der Waals surface area contributed by atoms with Gasteiger partial charge in [-0.15, -0.1) is 0 Å². The first-order valence-electron chi connectivity index (χ1n) is 23.3. The van der Waals surface area contributed by atoms with E-state index in [0.29, 0.717) is 0 Å². The van der Waals surface area contributed by atoms with Gasteiger partial charge in [0.05, 0.1) is 10.8 Å². The van der Waals surface area contributed by atoms with E-state index in [4.69, 9.17) is 0 Å². The van der Waals surface area contributed by atoms with Crippen LogP contribution in [-0.2, 0) is 16.2 Å². The van der Waals surface area contributed by atoms with E-state index in [1.54, 1.807) is 0 Å². The van der Waals surface area contributed by atoms with E-state index in [1.165, 1.54) is 100 Å². The van der Waals surface area contributed by atoms with Gasteiger partial charge in [0.1, 0.15) is 0 Å². The van der Waals surface area contributed by atoms with Crippen molar-refractivity contribution >= 4 is 17.1 Å². The Morgan fingerprint density at radius 1 is 0.242 bits per heavy atom. The van der Waals surface area contributed by atoms with E-state index in [0.717, 1.165) is 17.1 Å². The smallest absolute Gasteiger partial charge is 0.0726 e. The van der Waals surface area contributed by atoms with Crippen molar-refractivity contribution in [2.45, 2.75) is 30.1 Å². The average Bonchev–Trinajstić information content (AvgIpc) is 3.97. The summed E-state index contributed by atoms with van der Waals surface area (Å²) < 4.78 is 0. The van der Waals surface area contributed by atoms with Gasteiger partial charge >= 0.3 is 0 Å². The number of benzene rings is 10. The summed E-state index contributed by atoms with van der Waals surface area (Å²) in [4.78, 5) is 2.52. The molecular weight excluding hydrogens is 795 g/mol. The first-order valence-corrected chi connectivity index (χ1v) is 23.3. The van der Waals surface area contributed by atoms with Gasteiger partial charge in [-0.3, -0.25) is 0 Å². The van der Waals surface area contributed by atoms with E-state index >= 15 is 0 Å². The molecule has 0 saturated carbocycles. The second-order valence-corrected chi connectivity index (χ2v) is 19.1. The zero-order valence-electron chi connectivity index (χ0n) is 37.0. The summed E-state index contributed by atoms with van der Waals surface area (Å²) in [5.41, 5.74) is 26.0. The molecule has 0 bridgehead atoms. The third-order valence-electron chi connectivity index (χ3n) is 15.7. The Labute approximate surface area is 387 Å². The zero-order chi connectivity index (χ0) is 43.8. The van der Waals surface area contributed by atoms with E-state index in [2.05, 4.69) is 255 Å². The van der Waals surface area contributed by atoms with E-state index < -0.39 is 10.8 Å². The van der Waals surface area contributed by atoms with Gasteiger partial charge < -0.3 is 4.90 Å². The molecule has 0 aliphatic heterocycles. The van der Waals surface area contributed by atoms with Crippen molar-refractivity contribution < 1.29 is 0 Å². The predicted molar refractivity (Wildman–Crippen MR) is 272 cm³/mol. The Hall–Kier alpha value is -8.00. The minimum Gasteiger partial charge on any atom is -0.310 e. The molecule has 1 heteroatoms. The second-order valence-electron chi connectivity index (χ2n) is 19.1. The Morgan fingerprint density at radius 2 is 0.606 bits per heavy atom. The monoisotopic (exact) mass is 839 g/mol. The first-order chi connectivity index (χ1) is 32.5. The maximum Gasteiger partial charge on any atom is 0.0726 e. The first kappa shape index (κ1) is 37.4. The summed E-state index contributed by atoms with van der Waals surface area (Å²) in [5, 5.41) is 0. The number of nitrogens with zero attached hydrogens (tertiary/aromatic N) is 1. The highest BCUT2D eigenvalue weighted by Gasteiger charge is 2.54. The summed E-state index contributed by atoms with van der Waals surface area (Å²) in [6.45, 7) is 4.86. The maximum absolute atomic E-state index is 2.53. The van der Waals surface area contributed by atoms with Gasteiger partial charge in [-0.25, -0.2) is 0 Å². The molecule has 310 valence electrons. The molecule has 10 aromatic carbocycles. The summed E-state index contributed by atoms with van der Waals surface area (Å²) in [7, 11) is 0. The van der Waals surface area contributed by atoms with Crippen LogP contribution in [0.2, 0.25) is 0 Å². The van der Waals surface area contributed by atoms with Crippen molar-refractivity contribution in [3.05, 3.63) is 292 Å². The van der Waals surface area contributed by atoms with Crippen LogP contribution in [0.25, 0.3) is 44.5 Å². The maximum atomic E-state index is 2.53. The minimum absolute atomic E-state index is 0.294. The van der Waals surface area contributed by atoms with Crippen LogP contribution in [-0.4, -0.2) is 0 Å². The van der Waals surface area contributed by atoms with Crippen molar-refractivity contribution in [1.29, 1.82) is 0 Å². The highest BCUT2D eigenvalue weighted by atomic mass is 15.1. The minimum atomic E-state index is -0.458. The van der Waals surface area contributed by atoms with E-state index in [-0.39, 0.29) is 5.41 Å². The molecule has 0 N–H and O–H groups in total. The van der Waals surface area contributed by atoms with Crippen molar-refractivity contribution in [2.24, 2.45) is 0 Å². The number of hydrogen-bond donors (Lipinski definition) is 0. The van der Waals surface area contributed by atoms with Crippen LogP contribution in [0.1, 0.15) is 69.5 Å². The highest BCUT2D eigenvalue weighted by Crippen LogP contribution is 2.65. The Kier molecular flexibility index (Phi) is 7.66. The molecule has 10 aromatic rings. The fourth-order valence-electron chi connectivity index (χ4n) is 13.1. The molecule has 1 nitrogen and oxygen atoms in total. The van der Waals surface area contributed by atoms with Crippen LogP contribution in [0.4, 0.5) is 17.1 Å². The van der Waals surface area contributed by atoms with Gasteiger partial charge in [0.2, 0.25) is 0 Å². The number of anilines is 3. The largest absolute Gasteiger partial charge is 0.310 e. The Balaban J connectivity index is 1.05. The molecule has 0 saturated heterocycles. The van der Waals surface area contributed by atoms with Crippen LogP contribution in [0.15, 0.2) is 237 Å². The summed E-state index contributed by atoms with van der Waals surface area (Å²) in [5.74, 6) is 0. The van der Waals surface area contributed by atoms with Gasteiger partial charge in [-0.2, -0.15) is 0 Å². The van der Waals surface area contributed by atoms with Gasteiger partial charge in [-0.1, -0.05) is 214 Å². The Morgan fingerprint density at radius 3 is 1.14 bits per heavy atom. The number of hydrogen-bond acceptors (Lipinski definition) is 1. The lowest BCUT2D eigenvalue weighted by Gasteiger charge is -2.47. The van der Waals surface area contributed by atoms with Crippen LogP contribution in [0, 0.1) is 0 Å². The lowest BCUT2D eigenvalue weighted by atomic mass is 9.55. The fourth-order valence-corrected chi connectivity index (χ4v) is 13.1. The van der Waals surface area contributed by atoms with Gasteiger partial charge in [-0.05, 0) is 137 Å². The Bertz CT molecular complexity index is 3540. The van der Waals surface area contributed by atoms with Crippen molar-refractivity contribution in [1.82, 2.24) is 0 Å². The number of fused-ring (bicyclic) bond motifs is 19. The average molecular weight is 840 g/mol. The molecule has 0 atom stereocenters. The molecule has 66 heavy (non-hydrogen) atoms. The lowest BCUT2D eigenvalue weighted by molar-refractivity contribution is 0.563. The highest BCUT2D eigenvalue weighted by molar-refractivity contribution is 5.97. The molecule has 4 aliphatic carbocycles. The zero-order valence-corrected chi connectivity index (χ0v) is 37.0. The van der Waals surface area contributed by atoms with Gasteiger partial charge in [0.25, 0.3) is 0 Å². The molecule has 0 aromatic heterocycles.